The largest absolute Gasteiger partial charge is 0.389 e. The Morgan fingerprint density at radius 3 is 1.44 bits per heavy atom. The minimum Gasteiger partial charge on any atom is -0.389 e. The third-order valence-corrected chi connectivity index (χ3v) is 7.55. The number of likely N-dealkylation sites (N-methyl/N-ethyl adjacent to an activating group) is 1. The van der Waals surface area contributed by atoms with Gasteiger partial charge in [0, 0.05) is 6.54 Å². The van der Waals surface area contributed by atoms with E-state index in [1.807, 2.05) is 0 Å². The van der Waals surface area contributed by atoms with Gasteiger partial charge in [0.2, 0.25) is 0 Å². The van der Waals surface area contributed by atoms with Gasteiger partial charge in [-0.1, -0.05) is 26.2 Å². The lowest BCUT2D eigenvalue weighted by Gasteiger charge is -2.30. The molecule has 0 bridgehead atoms. The second kappa shape index (κ2) is 10.4. The third-order valence-electron chi connectivity index (χ3n) is 7.55. The topological polar surface area (TPSA) is 168 Å². The number of hydrogen-bond acceptors (Lipinski definition) is 10. The first-order valence-electron chi connectivity index (χ1n) is 11.6. The molecule has 2 saturated carbocycles. The number of halogens is 1. The zero-order chi connectivity index (χ0) is 23.9. The number of nitrogens with zero attached hydrogens (tertiary/aromatic N) is 2. The summed E-state index contributed by atoms with van der Waals surface area (Å²) < 4.78 is 13.7. The summed E-state index contributed by atoms with van der Waals surface area (Å²) in [7, 11) is 1.74. The van der Waals surface area contributed by atoms with Crippen LogP contribution in [0.5, 0.6) is 0 Å². The Labute approximate surface area is 187 Å². The van der Waals surface area contributed by atoms with E-state index < -0.39 is 55.0 Å². The molecule has 4 aliphatic rings. The van der Waals surface area contributed by atoms with Crippen LogP contribution < -0.4 is 0 Å². The van der Waals surface area contributed by atoms with E-state index in [0.717, 1.165) is 19.3 Å². The van der Waals surface area contributed by atoms with Gasteiger partial charge in [0.25, 0.3) is 0 Å². The Balaban J connectivity index is 0.000000204. The average Bonchev–Trinajstić information content (AvgIpc) is 3.66. The summed E-state index contributed by atoms with van der Waals surface area (Å²) in [6, 6.07) is -1.10. The van der Waals surface area contributed by atoms with Gasteiger partial charge in [-0.3, -0.25) is 9.80 Å². The van der Waals surface area contributed by atoms with E-state index in [0.29, 0.717) is 19.4 Å². The van der Waals surface area contributed by atoms with Gasteiger partial charge in [-0.25, -0.2) is 4.39 Å². The first-order chi connectivity index (χ1) is 15.0. The predicted molar refractivity (Wildman–Crippen MR) is 111 cm³/mol. The molecule has 0 aromatic carbocycles. The quantitative estimate of drug-likeness (QED) is 0.142. The molecule has 10 nitrogen and oxygen atoms in total. The van der Waals surface area contributed by atoms with Gasteiger partial charge < -0.3 is 40.9 Å². The van der Waals surface area contributed by atoms with Gasteiger partial charge in [-0.05, 0) is 19.9 Å². The number of rotatable bonds is 7. The monoisotopic (exact) mass is 466 g/mol. The van der Waals surface area contributed by atoms with Crippen LogP contribution in [0, 0.1) is 0 Å². The van der Waals surface area contributed by atoms with E-state index in [1.54, 1.807) is 16.8 Å². The second-order valence-corrected chi connectivity index (χ2v) is 9.67. The maximum atomic E-state index is 13.7. The molecule has 2 heterocycles. The molecule has 0 radical (unpaired) electrons. The zero-order valence-electron chi connectivity index (χ0n) is 18.6. The smallest absolute Gasteiger partial charge is 0.110 e. The lowest BCUT2D eigenvalue weighted by molar-refractivity contribution is -0.121. The van der Waals surface area contributed by atoms with Crippen LogP contribution in [0.2, 0.25) is 0 Å². The van der Waals surface area contributed by atoms with Crippen LogP contribution in [0.1, 0.15) is 39.0 Å². The SMILES string of the molecule is CCCCCC(F)CCN1[C@@H]2[C@H](O)[C@@H](O)[C@H](O)[C@@H](O)[C@@H]21.CN1[C@@H]2[C@@H](O)[C@H](O)[C@@H](O)[C@H](O)[C@@H]21. The molecule has 2 aliphatic carbocycles. The lowest BCUT2D eigenvalue weighted by atomic mass is 9.90. The van der Waals surface area contributed by atoms with E-state index in [9.17, 15) is 45.2 Å². The highest BCUT2D eigenvalue weighted by Gasteiger charge is 2.63. The van der Waals surface area contributed by atoms with Crippen LogP contribution in [0.3, 0.4) is 0 Å². The molecule has 11 heteroatoms. The van der Waals surface area contributed by atoms with Crippen molar-refractivity contribution in [2.24, 2.45) is 0 Å². The van der Waals surface area contributed by atoms with Crippen LogP contribution in [0.15, 0.2) is 0 Å². The Kier molecular flexibility index (Phi) is 8.52. The molecule has 3 unspecified atom stereocenters. The van der Waals surface area contributed by atoms with Crippen molar-refractivity contribution in [1.82, 2.24) is 9.80 Å². The summed E-state index contributed by atoms with van der Waals surface area (Å²) in [6.45, 7) is 2.52. The first kappa shape index (κ1) is 26.1. The summed E-state index contributed by atoms with van der Waals surface area (Å²) >= 11 is 0. The van der Waals surface area contributed by atoms with Crippen molar-refractivity contribution in [3.05, 3.63) is 0 Å². The van der Waals surface area contributed by atoms with E-state index in [1.165, 1.54) is 0 Å². The van der Waals surface area contributed by atoms with Crippen LogP contribution in [0.4, 0.5) is 4.39 Å². The van der Waals surface area contributed by atoms with Gasteiger partial charge in [0.1, 0.15) is 30.6 Å². The first-order valence-corrected chi connectivity index (χ1v) is 11.6. The molecule has 0 aromatic heterocycles. The van der Waals surface area contributed by atoms with Crippen LogP contribution >= 0.6 is 0 Å². The van der Waals surface area contributed by atoms with E-state index in [-0.39, 0.29) is 24.2 Å². The van der Waals surface area contributed by atoms with Gasteiger partial charge in [0.05, 0.1) is 48.6 Å². The van der Waals surface area contributed by atoms with Gasteiger partial charge >= 0.3 is 0 Å². The highest BCUT2D eigenvalue weighted by molar-refractivity contribution is 5.18. The molecule has 4 rings (SSSR count). The molecule has 8 N–H and O–H groups in total. The molecule has 2 aliphatic heterocycles. The zero-order valence-corrected chi connectivity index (χ0v) is 18.6. The molecule has 2 saturated heterocycles. The van der Waals surface area contributed by atoms with Crippen molar-refractivity contribution in [3.63, 3.8) is 0 Å². The molecule has 0 spiro atoms. The van der Waals surface area contributed by atoms with Crippen molar-refractivity contribution in [2.45, 2.75) is 118 Å². The number of aliphatic hydroxyl groups excluding tert-OH is 8. The maximum absolute atomic E-state index is 13.7. The molecule has 0 aromatic rings. The average molecular weight is 467 g/mol. The molecule has 4 fully saturated rings. The van der Waals surface area contributed by atoms with E-state index >= 15 is 0 Å². The molecule has 15 atom stereocenters. The summed E-state index contributed by atoms with van der Waals surface area (Å²) in [4.78, 5) is 3.52. The predicted octanol–water partition coefficient (Wildman–Crippen LogP) is -3.07. The number of likely N-dealkylation sites (tertiary alicyclic amines) is 2. The number of alkyl halides is 1. The molecular weight excluding hydrogens is 427 g/mol. The van der Waals surface area contributed by atoms with Gasteiger partial charge in [-0.2, -0.15) is 0 Å². The van der Waals surface area contributed by atoms with E-state index in [4.69, 9.17) is 0 Å². The molecule has 32 heavy (non-hydrogen) atoms. The fourth-order valence-corrected chi connectivity index (χ4v) is 5.35. The highest BCUT2D eigenvalue weighted by Crippen LogP contribution is 2.41. The summed E-state index contributed by atoms with van der Waals surface area (Å²) in [5, 5.41) is 76.1. The third kappa shape index (κ3) is 4.97. The molecular formula is C21H39FN2O8. The Morgan fingerprint density at radius 1 is 0.625 bits per heavy atom. The van der Waals surface area contributed by atoms with Crippen LogP contribution in [-0.2, 0) is 0 Å². The fraction of sp³-hybridized carbons (Fsp3) is 1.00. The van der Waals surface area contributed by atoms with Crippen molar-refractivity contribution in [1.29, 1.82) is 0 Å². The Hall–Kier alpha value is -0.470. The standard InChI is InChI=1S/C14H26FNO4.C7H13NO4/c1-2-3-4-5-8(15)6-7-16-9-10(16)12(18)14(20)13(19)11(9)17;1-8-2-3(8)5(10)7(12)6(11)4(2)9/h8-14,17-20H,2-7H2,1H3;2-7,9-12H,1H3/t8?,9-,10+,11-,12-,13+,14+,16?;2-,3+,4-,5-,6+,7+,8?/m01/s1. The number of hydrogen-bond donors (Lipinski definition) is 8. The van der Waals surface area contributed by atoms with Crippen molar-refractivity contribution < 1.29 is 45.2 Å². The summed E-state index contributed by atoms with van der Waals surface area (Å²) in [6.07, 6.45) is -6.13. The summed E-state index contributed by atoms with van der Waals surface area (Å²) in [5.41, 5.74) is 0. The minimum absolute atomic E-state index is 0.196. The highest BCUT2D eigenvalue weighted by atomic mass is 19.1. The Bertz CT molecular complexity index is 551. The lowest BCUT2D eigenvalue weighted by Crippen LogP contribution is -2.53. The maximum Gasteiger partial charge on any atom is 0.110 e. The van der Waals surface area contributed by atoms with Crippen molar-refractivity contribution in [2.75, 3.05) is 13.6 Å². The number of aliphatic hydroxyl groups is 8. The van der Waals surface area contributed by atoms with Crippen molar-refractivity contribution >= 4 is 0 Å². The van der Waals surface area contributed by atoms with Crippen LogP contribution in [-0.4, -0.2) is 143 Å². The van der Waals surface area contributed by atoms with E-state index in [2.05, 4.69) is 6.92 Å². The molecule has 0 amide bonds. The number of unbranched alkanes of at least 4 members (excludes halogenated alkanes) is 2. The normalized spacial score (nSPS) is 52.2. The Morgan fingerprint density at radius 2 is 1.03 bits per heavy atom. The van der Waals surface area contributed by atoms with Gasteiger partial charge in [0.15, 0.2) is 0 Å². The fourth-order valence-electron chi connectivity index (χ4n) is 5.35. The summed E-state index contributed by atoms with van der Waals surface area (Å²) in [5.74, 6) is 0. The van der Waals surface area contributed by atoms with Crippen molar-refractivity contribution in [3.8, 4) is 0 Å². The second-order valence-electron chi connectivity index (χ2n) is 9.67. The van der Waals surface area contributed by atoms with Crippen LogP contribution in [0.25, 0.3) is 0 Å². The number of fused-ring (bicyclic) bond motifs is 2. The minimum atomic E-state index is -1.33. The molecule has 188 valence electrons. The van der Waals surface area contributed by atoms with Gasteiger partial charge in [-0.15, -0.1) is 0 Å².